The Kier molecular flexibility index (Phi) is 30.2. The van der Waals surface area contributed by atoms with E-state index in [9.17, 15) is 5.11 Å². The third-order valence-electron chi connectivity index (χ3n) is 8.18. The standard InChI is InChI=1S/C34H70O/c1-4-7-10-13-15-16-17-18-19-20-21-22-23-25-28-31-34(35)32-33(29-26-12-9-6-3)30-27-24-14-11-8-5-2/h33-35H,4-32H2,1-3H3. The smallest absolute Gasteiger partial charge is 0.0542 e. The molecule has 0 spiro atoms. The van der Waals surface area contributed by atoms with Crippen LogP contribution < -0.4 is 0 Å². The van der Waals surface area contributed by atoms with Gasteiger partial charge in [0, 0.05) is 0 Å². The van der Waals surface area contributed by atoms with E-state index >= 15 is 0 Å². The number of aliphatic hydroxyl groups is 1. The van der Waals surface area contributed by atoms with E-state index in [1.807, 2.05) is 0 Å². The van der Waals surface area contributed by atoms with Gasteiger partial charge >= 0.3 is 0 Å². The molecule has 1 nitrogen and oxygen atoms in total. The van der Waals surface area contributed by atoms with Crippen LogP contribution in [0.4, 0.5) is 0 Å². The predicted molar refractivity (Wildman–Crippen MR) is 160 cm³/mol. The fourth-order valence-corrected chi connectivity index (χ4v) is 5.71. The lowest BCUT2D eigenvalue weighted by atomic mass is 9.88. The zero-order valence-corrected chi connectivity index (χ0v) is 25.1. The van der Waals surface area contributed by atoms with Crippen molar-refractivity contribution in [2.75, 3.05) is 0 Å². The zero-order chi connectivity index (χ0) is 25.7. The normalized spacial score (nSPS) is 13.4. The summed E-state index contributed by atoms with van der Waals surface area (Å²) < 4.78 is 0. The van der Waals surface area contributed by atoms with Gasteiger partial charge in [-0.05, 0) is 18.8 Å². The van der Waals surface area contributed by atoms with Gasteiger partial charge in [-0.25, -0.2) is 0 Å². The molecule has 0 rings (SSSR count). The van der Waals surface area contributed by atoms with Crippen LogP contribution in [0.15, 0.2) is 0 Å². The van der Waals surface area contributed by atoms with Gasteiger partial charge in [0.1, 0.15) is 0 Å². The van der Waals surface area contributed by atoms with Crippen molar-refractivity contribution in [2.24, 2.45) is 5.92 Å². The van der Waals surface area contributed by atoms with Crippen molar-refractivity contribution in [3.05, 3.63) is 0 Å². The molecule has 0 aromatic carbocycles. The first-order valence-electron chi connectivity index (χ1n) is 16.9. The van der Waals surface area contributed by atoms with Gasteiger partial charge in [0.05, 0.1) is 6.10 Å². The zero-order valence-electron chi connectivity index (χ0n) is 25.1. The number of rotatable bonds is 30. The molecular formula is C34H70O. The Morgan fingerprint density at radius 3 is 0.943 bits per heavy atom. The molecule has 0 aromatic heterocycles. The van der Waals surface area contributed by atoms with E-state index in [0.29, 0.717) is 0 Å². The Morgan fingerprint density at radius 1 is 0.343 bits per heavy atom. The lowest BCUT2D eigenvalue weighted by Gasteiger charge is -2.20. The molecule has 0 aromatic rings. The van der Waals surface area contributed by atoms with Crippen molar-refractivity contribution >= 4 is 0 Å². The van der Waals surface area contributed by atoms with Crippen molar-refractivity contribution < 1.29 is 5.11 Å². The lowest BCUT2D eigenvalue weighted by molar-refractivity contribution is 0.123. The van der Waals surface area contributed by atoms with Gasteiger partial charge in [-0.15, -0.1) is 0 Å². The Labute approximate surface area is 224 Å². The first-order valence-corrected chi connectivity index (χ1v) is 16.9. The highest BCUT2D eigenvalue weighted by Gasteiger charge is 2.14. The number of hydrogen-bond acceptors (Lipinski definition) is 1. The third-order valence-corrected chi connectivity index (χ3v) is 8.18. The first-order chi connectivity index (χ1) is 17.2. The molecule has 1 heteroatoms. The molecule has 2 unspecified atom stereocenters. The molecular weight excluding hydrogens is 424 g/mol. The average Bonchev–Trinajstić information content (AvgIpc) is 2.86. The van der Waals surface area contributed by atoms with E-state index in [0.717, 1.165) is 18.8 Å². The van der Waals surface area contributed by atoms with Gasteiger partial charge in [0.2, 0.25) is 0 Å². The fraction of sp³-hybridized carbons (Fsp3) is 1.00. The Balaban J connectivity index is 3.67. The van der Waals surface area contributed by atoms with Crippen LogP contribution in [0.25, 0.3) is 0 Å². The highest BCUT2D eigenvalue weighted by atomic mass is 16.3. The molecule has 0 aliphatic rings. The van der Waals surface area contributed by atoms with Crippen molar-refractivity contribution in [3.63, 3.8) is 0 Å². The van der Waals surface area contributed by atoms with Gasteiger partial charge in [-0.2, -0.15) is 0 Å². The molecule has 212 valence electrons. The molecule has 0 saturated heterocycles. The number of aliphatic hydroxyl groups excluding tert-OH is 1. The van der Waals surface area contributed by atoms with E-state index in [1.165, 1.54) is 173 Å². The minimum atomic E-state index is -0.0479. The quantitative estimate of drug-likeness (QED) is 0.0984. The Morgan fingerprint density at radius 2 is 0.600 bits per heavy atom. The summed E-state index contributed by atoms with van der Waals surface area (Å²) in [7, 11) is 0. The summed E-state index contributed by atoms with van der Waals surface area (Å²) in [6.45, 7) is 6.90. The van der Waals surface area contributed by atoms with Gasteiger partial charge in [-0.3, -0.25) is 0 Å². The molecule has 0 aliphatic heterocycles. The highest BCUT2D eigenvalue weighted by molar-refractivity contribution is 4.67. The van der Waals surface area contributed by atoms with Crippen LogP contribution in [0.5, 0.6) is 0 Å². The highest BCUT2D eigenvalue weighted by Crippen LogP contribution is 2.25. The van der Waals surface area contributed by atoms with Crippen LogP contribution in [0.3, 0.4) is 0 Å². The number of hydrogen-bond donors (Lipinski definition) is 1. The molecule has 0 saturated carbocycles. The Bertz CT molecular complexity index is 366. The molecule has 0 bridgehead atoms. The largest absolute Gasteiger partial charge is 0.393 e. The van der Waals surface area contributed by atoms with Crippen LogP contribution in [0.1, 0.15) is 207 Å². The van der Waals surface area contributed by atoms with E-state index in [-0.39, 0.29) is 6.10 Å². The molecule has 1 N–H and O–H groups in total. The van der Waals surface area contributed by atoms with Crippen LogP contribution >= 0.6 is 0 Å². The monoisotopic (exact) mass is 495 g/mol. The van der Waals surface area contributed by atoms with Gasteiger partial charge in [0.15, 0.2) is 0 Å². The van der Waals surface area contributed by atoms with Crippen LogP contribution in [-0.4, -0.2) is 11.2 Å². The van der Waals surface area contributed by atoms with Gasteiger partial charge in [-0.1, -0.05) is 194 Å². The van der Waals surface area contributed by atoms with E-state index in [4.69, 9.17) is 0 Å². The molecule has 35 heavy (non-hydrogen) atoms. The average molecular weight is 495 g/mol. The van der Waals surface area contributed by atoms with Crippen molar-refractivity contribution in [1.82, 2.24) is 0 Å². The molecule has 2 atom stereocenters. The van der Waals surface area contributed by atoms with Crippen molar-refractivity contribution in [1.29, 1.82) is 0 Å². The topological polar surface area (TPSA) is 20.2 Å². The van der Waals surface area contributed by atoms with E-state index < -0.39 is 0 Å². The summed E-state index contributed by atoms with van der Waals surface area (Å²) in [4.78, 5) is 0. The fourth-order valence-electron chi connectivity index (χ4n) is 5.71. The van der Waals surface area contributed by atoms with Crippen LogP contribution in [-0.2, 0) is 0 Å². The molecule has 0 fully saturated rings. The van der Waals surface area contributed by atoms with Crippen molar-refractivity contribution in [3.8, 4) is 0 Å². The maximum Gasteiger partial charge on any atom is 0.0542 e. The molecule has 0 radical (unpaired) electrons. The van der Waals surface area contributed by atoms with Crippen LogP contribution in [0.2, 0.25) is 0 Å². The summed E-state index contributed by atoms with van der Waals surface area (Å²) >= 11 is 0. The molecule has 0 aliphatic carbocycles. The van der Waals surface area contributed by atoms with Gasteiger partial charge < -0.3 is 5.11 Å². The summed E-state index contributed by atoms with van der Waals surface area (Å²) in [5.74, 6) is 0.768. The lowest BCUT2D eigenvalue weighted by Crippen LogP contribution is -2.14. The summed E-state index contributed by atoms with van der Waals surface area (Å²) in [6, 6.07) is 0. The first kappa shape index (κ1) is 35.0. The SMILES string of the molecule is CCCCCCCCCCCCCCCCCC(O)CC(CCCCCC)CCCCCCCC. The maximum absolute atomic E-state index is 10.7. The second-order valence-electron chi connectivity index (χ2n) is 11.9. The van der Waals surface area contributed by atoms with Crippen molar-refractivity contribution in [2.45, 2.75) is 213 Å². The second kappa shape index (κ2) is 30.2. The minimum Gasteiger partial charge on any atom is -0.393 e. The second-order valence-corrected chi connectivity index (χ2v) is 11.9. The molecule has 0 amide bonds. The van der Waals surface area contributed by atoms with E-state index in [1.54, 1.807) is 0 Å². The minimum absolute atomic E-state index is 0.0479. The third kappa shape index (κ3) is 28.4. The summed E-state index contributed by atoms with van der Waals surface area (Å²) in [5, 5.41) is 10.7. The maximum atomic E-state index is 10.7. The number of unbranched alkanes of at least 4 members (excludes halogenated alkanes) is 22. The summed E-state index contributed by atoms with van der Waals surface area (Å²) in [5.41, 5.74) is 0. The van der Waals surface area contributed by atoms with Crippen LogP contribution in [0, 0.1) is 5.92 Å². The van der Waals surface area contributed by atoms with E-state index in [2.05, 4.69) is 20.8 Å². The Hall–Kier alpha value is -0.0400. The predicted octanol–water partition coefficient (Wildman–Crippen LogP) is 12.3. The molecule has 0 heterocycles. The van der Waals surface area contributed by atoms with Gasteiger partial charge in [0.25, 0.3) is 0 Å². The summed E-state index contributed by atoms with van der Waals surface area (Å²) in [6.07, 6.45) is 39.8.